The van der Waals surface area contributed by atoms with Crippen LogP contribution in [-0.2, 0) is 6.54 Å². The fourth-order valence-electron chi connectivity index (χ4n) is 2.47. The maximum absolute atomic E-state index is 3.66. The highest BCUT2D eigenvalue weighted by Gasteiger charge is 2.24. The van der Waals surface area contributed by atoms with Crippen LogP contribution in [0.1, 0.15) is 46.6 Å². The summed E-state index contributed by atoms with van der Waals surface area (Å²) in [5.41, 5.74) is 1.89. The van der Waals surface area contributed by atoms with Gasteiger partial charge in [0.05, 0.1) is 0 Å². The first-order valence-electron chi connectivity index (χ1n) is 6.60. The zero-order valence-corrected chi connectivity index (χ0v) is 13.4. The van der Waals surface area contributed by atoms with E-state index in [-0.39, 0.29) is 5.54 Å². The molecule has 0 saturated heterocycles. The van der Waals surface area contributed by atoms with Gasteiger partial charge in [-0.05, 0) is 49.6 Å². The number of nitrogens with one attached hydrogen (secondary N) is 1. The lowest BCUT2D eigenvalue weighted by molar-refractivity contribution is 0.240. The lowest BCUT2D eigenvalue weighted by atomic mass is 9.82. The molecule has 0 spiro atoms. The van der Waals surface area contributed by atoms with Crippen LogP contribution in [-0.4, -0.2) is 11.8 Å². The Morgan fingerprint density at radius 3 is 2.00 bits per heavy atom. The van der Waals surface area contributed by atoms with Crippen molar-refractivity contribution in [2.24, 2.45) is 5.41 Å². The van der Waals surface area contributed by atoms with Crippen LogP contribution in [0.2, 0.25) is 0 Å². The molecule has 0 aromatic heterocycles. The molecule has 1 aromatic rings. The molecule has 0 saturated carbocycles. The van der Waals surface area contributed by atoms with Crippen LogP contribution in [0.25, 0.3) is 0 Å². The average molecular weight is 265 g/mol. The van der Waals surface area contributed by atoms with E-state index in [0.29, 0.717) is 5.41 Å². The van der Waals surface area contributed by atoms with Crippen LogP contribution in [0.5, 0.6) is 0 Å². The molecule has 1 rings (SSSR count). The zero-order chi connectivity index (χ0) is 13.8. The number of benzene rings is 1. The van der Waals surface area contributed by atoms with E-state index in [9.17, 15) is 0 Å². The molecular formula is C16H27NS. The molecule has 18 heavy (non-hydrogen) atoms. The van der Waals surface area contributed by atoms with Gasteiger partial charge in [0.15, 0.2) is 0 Å². The minimum Gasteiger partial charge on any atom is -0.308 e. The van der Waals surface area contributed by atoms with E-state index in [0.717, 1.165) is 6.54 Å². The molecule has 1 aromatic carbocycles. The third-order valence-corrected chi connectivity index (χ3v) is 3.65. The molecule has 0 unspecified atom stereocenters. The topological polar surface area (TPSA) is 12.0 Å². The maximum atomic E-state index is 3.66. The Morgan fingerprint density at radius 2 is 1.56 bits per heavy atom. The van der Waals surface area contributed by atoms with Crippen molar-refractivity contribution in [2.45, 2.75) is 58.0 Å². The molecule has 0 aliphatic carbocycles. The van der Waals surface area contributed by atoms with Crippen LogP contribution >= 0.6 is 11.8 Å². The summed E-state index contributed by atoms with van der Waals surface area (Å²) in [6, 6.07) is 8.81. The highest BCUT2D eigenvalue weighted by molar-refractivity contribution is 7.98. The van der Waals surface area contributed by atoms with E-state index in [1.165, 1.54) is 16.9 Å². The van der Waals surface area contributed by atoms with E-state index < -0.39 is 0 Å². The normalized spacial score (nSPS) is 12.8. The second kappa shape index (κ2) is 6.12. The van der Waals surface area contributed by atoms with Gasteiger partial charge in [0.1, 0.15) is 0 Å². The van der Waals surface area contributed by atoms with Crippen LogP contribution in [0.15, 0.2) is 29.2 Å². The van der Waals surface area contributed by atoms with Crippen molar-refractivity contribution in [3.05, 3.63) is 29.8 Å². The first-order chi connectivity index (χ1) is 8.22. The van der Waals surface area contributed by atoms with Crippen molar-refractivity contribution in [1.82, 2.24) is 5.32 Å². The smallest absolute Gasteiger partial charge is 0.0210 e. The maximum Gasteiger partial charge on any atom is 0.0210 e. The Hall–Kier alpha value is -0.470. The highest BCUT2D eigenvalue weighted by atomic mass is 32.2. The van der Waals surface area contributed by atoms with Crippen LogP contribution in [0, 0.1) is 5.41 Å². The highest BCUT2D eigenvalue weighted by Crippen LogP contribution is 2.27. The largest absolute Gasteiger partial charge is 0.308 e. The lowest BCUT2D eigenvalue weighted by Crippen LogP contribution is -2.41. The molecule has 1 N–H and O–H groups in total. The van der Waals surface area contributed by atoms with Crippen molar-refractivity contribution in [2.75, 3.05) is 6.26 Å². The van der Waals surface area contributed by atoms with Gasteiger partial charge in [-0.2, -0.15) is 0 Å². The van der Waals surface area contributed by atoms with Gasteiger partial charge in [-0.1, -0.05) is 32.9 Å². The molecule has 0 aliphatic heterocycles. The molecular weight excluding hydrogens is 238 g/mol. The third kappa shape index (κ3) is 5.92. The molecule has 1 nitrogen and oxygen atoms in total. The second-order valence-electron chi connectivity index (χ2n) is 6.82. The van der Waals surface area contributed by atoms with E-state index in [1.54, 1.807) is 11.8 Å². The minimum absolute atomic E-state index is 0.177. The summed E-state index contributed by atoms with van der Waals surface area (Å²) in [7, 11) is 0. The summed E-state index contributed by atoms with van der Waals surface area (Å²) < 4.78 is 0. The summed E-state index contributed by atoms with van der Waals surface area (Å²) >= 11 is 1.79. The predicted molar refractivity (Wildman–Crippen MR) is 83.2 cm³/mol. The average Bonchev–Trinajstić information content (AvgIpc) is 2.24. The minimum atomic E-state index is 0.177. The molecule has 102 valence electrons. The van der Waals surface area contributed by atoms with E-state index in [1.807, 2.05) is 0 Å². The van der Waals surface area contributed by atoms with E-state index >= 15 is 0 Å². The quantitative estimate of drug-likeness (QED) is 0.774. The molecule has 0 heterocycles. The number of thioether (sulfide) groups is 1. The third-order valence-electron chi connectivity index (χ3n) is 2.90. The Labute approximate surface area is 117 Å². The lowest BCUT2D eigenvalue weighted by Gasteiger charge is -2.33. The van der Waals surface area contributed by atoms with Crippen LogP contribution in [0.4, 0.5) is 0 Å². The Balaban J connectivity index is 2.53. The summed E-state index contributed by atoms with van der Waals surface area (Å²) in [6.45, 7) is 12.4. The number of rotatable bonds is 5. The standard InChI is InChI=1S/C16H27NS/c1-15(2,3)12-16(4,5)17-11-13-7-9-14(18-6)10-8-13/h7-10,17H,11-12H2,1-6H3. The van der Waals surface area contributed by atoms with Gasteiger partial charge >= 0.3 is 0 Å². The van der Waals surface area contributed by atoms with Gasteiger partial charge in [-0.15, -0.1) is 11.8 Å². The molecule has 2 heteroatoms. The van der Waals surface area contributed by atoms with Crippen molar-refractivity contribution in [3.63, 3.8) is 0 Å². The second-order valence-corrected chi connectivity index (χ2v) is 7.70. The molecule has 0 atom stereocenters. The van der Waals surface area contributed by atoms with Crippen molar-refractivity contribution in [1.29, 1.82) is 0 Å². The zero-order valence-electron chi connectivity index (χ0n) is 12.6. The van der Waals surface area contributed by atoms with Crippen molar-refractivity contribution >= 4 is 11.8 Å². The van der Waals surface area contributed by atoms with E-state index in [2.05, 4.69) is 70.5 Å². The SMILES string of the molecule is CSc1ccc(CNC(C)(C)CC(C)(C)C)cc1. The fraction of sp³-hybridized carbons (Fsp3) is 0.625. The Morgan fingerprint density at radius 1 is 1.00 bits per heavy atom. The molecule has 0 amide bonds. The fourth-order valence-corrected chi connectivity index (χ4v) is 2.88. The van der Waals surface area contributed by atoms with Crippen LogP contribution in [0.3, 0.4) is 0 Å². The summed E-state index contributed by atoms with van der Waals surface area (Å²) in [5, 5.41) is 3.66. The molecule has 0 bridgehead atoms. The van der Waals surface area contributed by atoms with Gasteiger partial charge in [0.2, 0.25) is 0 Å². The van der Waals surface area contributed by atoms with E-state index in [4.69, 9.17) is 0 Å². The number of hydrogen-bond donors (Lipinski definition) is 1. The Kier molecular flexibility index (Phi) is 5.30. The summed E-state index contributed by atoms with van der Waals surface area (Å²) in [5.74, 6) is 0. The molecule has 0 fully saturated rings. The Bertz CT molecular complexity index is 360. The number of hydrogen-bond acceptors (Lipinski definition) is 2. The van der Waals surface area contributed by atoms with Gasteiger partial charge in [-0.3, -0.25) is 0 Å². The van der Waals surface area contributed by atoms with Crippen molar-refractivity contribution < 1.29 is 0 Å². The molecule has 0 radical (unpaired) electrons. The van der Waals surface area contributed by atoms with Crippen molar-refractivity contribution in [3.8, 4) is 0 Å². The monoisotopic (exact) mass is 265 g/mol. The summed E-state index contributed by atoms with van der Waals surface area (Å²) in [4.78, 5) is 1.33. The summed E-state index contributed by atoms with van der Waals surface area (Å²) in [6.07, 6.45) is 3.28. The first kappa shape index (κ1) is 15.6. The van der Waals surface area contributed by atoms with Gasteiger partial charge < -0.3 is 5.32 Å². The molecule has 0 aliphatic rings. The van der Waals surface area contributed by atoms with Gasteiger partial charge in [0.25, 0.3) is 0 Å². The van der Waals surface area contributed by atoms with Gasteiger partial charge in [-0.25, -0.2) is 0 Å². The van der Waals surface area contributed by atoms with Crippen LogP contribution < -0.4 is 5.32 Å². The first-order valence-corrected chi connectivity index (χ1v) is 7.82. The predicted octanol–water partition coefficient (Wildman–Crippen LogP) is 4.71. The van der Waals surface area contributed by atoms with Gasteiger partial charge in [0, 0.05) is 17.0 Å².